The van der Waals surface area contributed by atoms with Crippen LogP contribution in [0.4, 0.5) is 10.3 Å². The van der Waals surface area contributed by atoms with Gasteiger partial charge in [-0.05, 0) is 48.7 Å². The van der Waals surface area contributed by atoms with Crippen LogP contribution in [0.25, 0.3) is 27.3 Å². The van der Waals surface area contributed by atoms with E-state index in [0.717, 1.165) is 33.2 Å². The molecule has 3 aromatic heterocycles. The molecule has 34 heavy (non-hydrogen) atoms. The van der Waals surface area contributed by atoms with Crippen LogP contribution in [0.5, 0.6) is 0 Å². The van der Waals surface area contributed by atoms with Crippen molar-refractivity contribution in [3.8, 4) is 10.7 Å². The summed E-state index contributed by atoms with van der Waals surface area (Å²) in [5, 5.41) is 12.0. The maximum atomic E-state index is 13.7. The molecule has 0 N–H and O–H groups in total. The number of hydrogen-bond acceptors (Lipinski definition) is 6. The predicted octanol–water partition coefficient (Wildman–Crippen LogP) is 4.50. The number of piperazine rings is 1. The lowest BCUT2D eigenvalue weighted by molar-refractivity contribution is 0.0672. The minimum Gasteiger partial charge on any atom is -0.338 e. The summed E-state index contributed by atoms with van der Waals surface area (Å²) in [5.74, 6) is 0.941. The highest BCUT2D eigenvalue weighted by Gasteiger charge is 2.31. The largest absolute Gasteiger partial charge is 0.338 e. The summed E-state index contributed by atoms with van der Waals surface area (Å²) < 4.78 is 15.7. The Morgan fingerprint density at radius 1 is 1.06 bits per heavy atom. The molecule has 1 aliphatic heterocycles. The molecule has 0 aliphatic carbocycles. The highest BCUT2D eigenvalue weighted by atomic mass is 32.1. The van der Waals surface area contributed by atoms with Crippen molar-refractivity contribution >= 4 is 39.7 Å². The number of carbonyl (C=O) groups excluding carboxylic acids is 1. The number of para-hydroxylation sites is 1. The van der Waals surface area contributed by atoms with Crippen LogP contribution >= 0.6 is 11.3 Å². The van der Waals surface area contributed by atoms with Gasteiger partial charge in [-0.15, -0.1) is 21.5 Å². The molecular weight excluding hydrogens is 451 g/mol. The number of carbonyl (C=O) groups is 1. The molecule has 9 heteroatoms. The summed E-state index contributed by atoms with van der Waals surface area (Å²) in [4.78, 5) is 23.1. The lowest BCUT2D eigenvalue weighted by Crippen LogP contribution is -2.54. The van der Waals surface area contributed by atoms with E-state index in [1.807, 2.05) is 53.1 Å². The quantitative estimate of drug-likeness (QED) is 0.387. The van der Waals surface area contributed by atoms with Crippen molar-refractivity contribution in [1.82, 2.24) is 24.5 Å². The smallest absolute Gasteiger partial charge is 0.254 e. The van der Waals surface area contributed by atoms with Gasteiger partial charge in [0.25, 0.3) is 5.91 Å². The molecule has 0 spiro atoms. The van der Waals surface area contributed by atoms with E-state index < -0.39 is 5.82 Å². The van der Waals surface area contributed by atoms with E-state index >= 15 is 0 Å². The van der Waals surface area contributed by atoms with Crippen molar-refractivity contribution in [1.29, 1.82) is 0 Å². The van der Waals surface area contributed by atoms with Crippen LogP contribution in [0.1, 0.15) is 17.3 Å². The second-order valence-corrected chi connectivity index (χ2v) is 9.34. The normalized spacial score (nSPS) is 16.5. The number of halogens is 1. The van der Waals surface area contributed by atoms with E-state index in [2.05, 4.69) is 15.1 Å². The Labute approximate surface area is 199 Å². The summed E-state index contributed by atoms with van der Waals surface area (Å²) in [7, 11) is 0. The van der Waals surface area contributed by atoms with Gasteiger partial charge in [0, 0.05) is 36.6 Å². The molecule has 1 atom stereocenters. The van der Waals surface area contributed by atoms with Crippen molar-refractivity contribution < 1.29 is 9.18 Å². The third kappa shape index (κ3) is 3.40. The summed E-state index contributed by atoms with van der Waals surface area (Å²) >= 11 is 1.61. The van der Waals surface area contributed by atoms with Crippen molar-refractivity contribution in [3.63, 3.8) is 0 Å². The second kappa shape index (κ2) is 8.18. The fourth-order valence-electron chi connectivity index (χ4n) is 4.57. The van der Waals surface area contributed by atoms with Gasteiger partial charge in [0.05, 0.1) is 10.4 Å². The van der Waals surface area contributed by atoms with Crippen LogP contribution in [0.2, 0.25) is 0 Å². The third-order valence-electron chi connectivity index (χ3n) is 6.21. The molecule has 170 valence electrons. The molecule has 2 aromatic carbocycles. The van der Waals surface area contributed by atoms with E-state index in [9.17, 15) is 9.18 Å². The lowest BCUT2D eigenvalue weighted by atomic mass is 10.1. The minimum absolute atomic E-state index is 0.0884. The number of benzene rings is 2. The van der Waals surface area contributed by atoms with Gasteiger partial charge in [-0.3, -0.25) is 4.79 Å². The Morgan fingerprint density at radius 2 is 1.94 bits per heavy atom. The van der Waals surface area contributed by atoms with Crippen LogP contribution in [0.15, 0.2) is 66.0 Å². The monoisotopic (exact) mass is 472 g/mol. The van der Waals surface area contributed by atoms with Gasteiger partial charge >= 0.3 is 0 Å². The van der Waals surface area contributed by atoms with Gasteiger partial charge < -0.3 is 9.80 Å². The van der Waals surface area contributed by atoms with E-state index in [-0.39, 0.29) is 11.9 Å². The van der Waals surface area contributed by atoms with Crippen molar-refractivity contribution in [3.05, 3.63) is 77.4 Å². The average molecular weight is 473 g/mol. The Hall–Kier alpha value is -3.85. The van der Waals surface area contributed by atoms with Crippen molar-refractivity contribution in [2.45, 2.75) is 13.0 Å². The summed E-state index contributed by atoms with van der Waals surface area (Å²) in [6.07, 6.45) is 0. The molecule has 1 aliphatic rings. The van der Waals surface area contributed by atoms with Gasteiger partial charge in [0.2, 0.25) is 5.95 Å². The maximum Gasteiger partial charge on any atom is 0.254 e. The van der Waals surface area contributed by atoms with Gasteiger partial charge in [0.15, 0.2) is 11.5 Å². The molecule has 6 rings (SSSR count). The fourth-order valence-corrected chi connectivity index (χ4v) is 5.27. The predicted molar refractivity (Wildman–Crippen MR) is 131 cm³/mol. The Kier molecular flexibility index (Phi) is 4.99. The van der Waals surface area contributed by atoms with E-state index in [0.29, 0.717) is 25.2 Å². The Balaban J connectivity index is 1.40. The zero-order valence-electron chi connectivity index (χ0n) is 18.4. The number of anilines is 1. The number of hydrogen-bond donors (Lipinski definition) is 0. The van der Waals surface area contributed by atoms with E-state index in [1.165, 1.54) is 12.1 Å². The Morgan fingerprint density at radius 3 is 2.74 bits per heavy atom. The fraction of sp³-hybridized carbons (Fsp3) is 0.200. The molecule has 1 saturated heterocycles. The minimum atomic E-state index is -0.409. The van der Waals surface area contributed by atoms with E-state index in [1.54, 1.807) is 28.4 Å². The first-order chi connectivity index (χ1) is 16.6. The van der Waals surface area contributed by atoms with Crippen LogP contribution in [0.3, 0.4) is 0 Å². The average Bonchev–Trinajstić information content (AvgIpc) is 3.53. The number of fused-ring (bicyclic) bond motifs is 3. The third-order valence-corrected chi connectivity index (χ3v) is 7.08. The lowest BCUT2D eigenvalue weighted by Gasteiger charge is -2.40. The summed E-state index contributed by atoms with van der Waals surface area (Å²) in [6, 6.07) is 17.7. The standard InChI is InChI=1S/C25H21FN6OS/c1-16-15-30(11-12-31(16)24(33)17-6-4-7-18(26)14-17)25-27-20-9-3-2-8-19(20)22-28-29-23(32(22)25)21-10-5-13-34-21/h2-10,13-14,16H,11-12,15H2,1H3. The number of thiophene rings is 1. The SMILES string of the molecule is CC1CN(c2nc3ccccc3c3nnc(-c4cccs4)n23)CCN1C(=O)c1cccc(F)c1. The molecule has 1 amide bonds. The zero-order valence-corrected chi connectivity index (χ0v) is 19.2. The number of aromatic nitrogens is 4. The molecule has 5 aromatic rings. The van der Waals surface area contributed by atoms with Crippen LogP contribution in [-0.2, 0) is 0 Å². The van der Waals surface area contributed by atoms with Gasteiger partial charge in [0.1, 0.15) is 5.82 Å². The first kappa shape index (κ1) is 20.7. The van der Waals surface area contributed by atoms with Gasteiger partial charge in [-0.25, -0.2) is 13.8 Å². The van der Waals surface area contributed by atoms with Crippen molar-refractivity contribution in [2.24, 2.45) is 0 Å². The second-order valence-electron chi connectivity index (χ2n) is 8.39. The first-order valence-electron chi connectivity index (χ1n) is 11.1. The number of rotatable bonds is 3. The molecule has 1 fully saturated rings. The highest BCUT2D eigenvalue weighted by Crippen LogP contribution is 2.31. The Bertz CT molecular complexity index is 1510. The molecule has 0 bridgehead atoms. The highest BCUT2D eigenvalue weighted by molar-refractivity contribution is 7.13. The van der Waals surface area contributed by atoms with Crippen LogP contribution in [-0.4, -0.2) is 56.1 Å². The molecule has 0 saturated carbocycles. The van der Waals surface area contributed by atoms with Gasteiger partial charge in [-0.1, -0.05) is 24.3 Å². The molecular formula is C25H21FN6OS. The van der Waals surface area contributed by atoms with Gasteiger partial charge in [-0.2, -0.15) is 0 Å². The topological polar surface area (TPSA) is 66.6 Å². The van der Waals surface area contributed by atoms with Crippen molar-refractivity contribution in [2.75, 3.05) is 24.5 Å². The first-order valence-corrected chi connectivity index (χ1v) is 12.0. The molecule has 4 heterocycles. The summed E-state index contributed by atoms with van der Waals surface area (Å²) in [5.41, 5.74) is 1.97. The molecule has 1 unspecified atom stereocenters. The van der Waals surface area contributed by atoms with Crippen LogP contribution in [0, 0.1) is 5.82 Å². The van der Waals surface area contributed by atoms with E-state index in [4.69, 9.17) is 4.98 Å². The zero-order chi connectivity index (χ0) is 23.2. The number of nitrogens with zero attached hydrogens (tertiary/aromatic N) is 6. The van der Waals surface area contributed by atoms with Crippen LogP contribution < -0.4 is 4.90 Å². The summed E-state index contributed by atoms with van der Waals surface area (Å²) in [6.45, 7) is 3.69. The molecule has 0 radical (unpaired) electrons. The maximum absolute atomic E-state index is 13.7. The molecule has 7 nitrogen and oxygen atoms in total. The number of amides is 1.